The topological polar surface area (TPSA) is 128 Å². The van der Waals surface area contributed by atoms with Gasteiger partial charge in [0.1, 0.15) is 29.5 Å². The van der Waals surface area contributed by atoms with Gasteiger partial charge in [-0.25, -0.2) is 4.79 Å². The van der Waals surface area contributed by atoms with Crippen LogP contribution < -0.4 is 31.2 Å². The number of ether oxygens (including phenoxy) is 2. The molecule has 0 aliphatic rings. The van der Waals surface area contributed by atoms with E-state index in [4.69, 9.17) is 15.2 Å². The summed E-state index contributed by atoms with van der Waals surface area (Å²) in [7, 11) is 1.54. The molecule has 34 heavy (non-hydrogen) atoms. The van der Waals surface area contributed by atoms with E-state index < -0.39 is 0 Å². The van der Waals surface area contributed by atoms with E-state index in [0.717, 1.165) is 14.7 Å². The minimum Gasteiger partial charge on any atom is -0.490 e. The highest BCUT2D eigenvalue weighted by Crippen LogP contribution is 2.29. The first-order valence-electron chi connectivity index (χ1n) is 10.5. The zero-order valence-corrected chi connectivity index (χ0v) is 21.0. The minimum absolute atomic E-state index is 0.259. The maximum absolute atomic E-state index is 12.5. The Kier molecular flexibility index (Phi) is 9.05. The number of carbonyl (C=O) groups excluding carboxylic acids is 2. The second kappa shape index (κ2) is 12.2. The van der Waals surface area contributed by atoms with Gasteiger partial charge < -0.3 is 31.2 Å². The fourth-order valence-electron chi connectivity index (χ4n) is 2.98. The first kappa shape index (κ1) is 25.2. The molecule has 0 fully saturated rings. The van der Waals surface area contributed by atoms with Crippen LogP contribution in [0.25, 0.3) is 0 Å². The molecule has 3 aromatic rings. The summed E-state index contributed by atoms with van der Waals surface area (Å²) in [5, 5.41) is 8.20. The van der Waals surface area contributed by atoms with Gasteiger partial charge in [-0.05, 0) is 71.0 Å². The van der Waals surface area contributed by atoms with E-state index in [1.54, 1.807) is 18.2 Å². The van der Waals surface area contributed by atoms with Crippen molar-refractivity contribution < 1.29 is 19.1 Å². The number of nitrogens with one attached hydrogen (secondary N) is 3. The number of aromatic nitrogens is 1. The highest BCUT2D eigenvalue weighted by molar-refractivity contribution is 14.1. The standard InChI is InChI=1S/C24H26IN5O4/c1-15-10-20(22(13-19(15)25)33-9-7-26)30-24(32)29-14-16-4-3-5-17(11-16)34-18-6-8-28-21(12-18)23(31)27-2/h3-6,8,10-13H,7,9,14,26H2,1-2H3,(H,27,31)(H2,29,30,32). The molecular weight excluding hydrogens is 549 g/mol. The summed E-state index contributed by atoms with van der Waals surface area (Å²) in [6.45, 7) is 2.97. The minimum atomic E-state index is -0.367. The van der Waals surface area contributed by atoms with Crippen LogP contribution in [0.1, 0.15) is 21.6 Å². The Morgan fingerprint density at radius 2 is 1.91 bits per heavy atom. The summed E-state index contributed by atoms with van der Waals surface area (Å²) < 4.78 is 12.6. The van der Waals surface area contributed by atoms with Gasteiger partial charge in [0.25, 0.3) is 5.91 Å². The Morgan fingerprint density at radius 1 is 1.12 bits per heavy atom. The average Bonchev–Trinajstić information content (AvgIpc) is 2.84. The number of amides is 3. The van der Waals surface area contributed by atoms with Gasteiger partial charge in [-0.1, -0.05) is 12.1 Å². The van der Waals surface area contributed by atoms with Crippen molar-refractivity contribution in [1.82, 2.24) is 15.6 Å². The highest BCUT2D eigenvalue weighted by Gasteiger charge is 2.11. The molecule has 1 aromatic heterocycles. The van der Waals surface area contributed by atoms with Gasteiger partial charge in [-0.15, -0.1) is 0 Å². The molecule has 2 aromatic carbocycles. The van der Waals surface area contributed by atoms with E-state index in [1.807, 2.05) is 37.3 Å². The van der Waals surface area contributed by atoms with Gasteiger partial charge in [0.2, 0.25) is 0 Å². The summed E-state index contributed by atoms with van der Waals surface area (Å²) in [5.74, 6) is 1.32. The van der Waals surface area contributed by atoms with Gasteiger partial charge in [-0.2, -0.15) is 0 Å². The molecule has 9 nitrogen and oxygen atoms in total. The molecule has 0 unspecified atom stereocenters. The monoisotopic (exact) mass is 575 g/mol. The molecule has 0 atom stereocenters. The number of anilines is 1. The summed E-state index contributed by atoms with van der Waals surface area (Å²) in [6.07, 6.45) is 1.51. The SMILES string of the molecule is CNC(=O)c1cc(Oc2cccc(CNC(=O)Nc3cc(C)c(I)cc3OCCN)c2)ccn1. The Hall–Kier alpha value is -3.38. The van der Waals surface area contributed by atoms with Gasteiger partial charge in [0.15, 0.2) is 0 Å². The molecule has 5 N–H and O–H groups in total. The summed E-state index contributed by atoms with van der Waals surface area (Å²) >= 11 is 2.22. The lowest BCUT2D eigenvalue weighted by molar-refractivity contribution is 0.0958. The van der Waals surface area contributed by atoms with Crippen LogP contribution >= 0.6 is 22.6 Å². The largest absolute Gasteiger partial charge is 0.490 e. The first-order chi connectivity index (χ1) is 16.4. The van der Waals surface area contributed by atoms with Gasteiger partial charge in [-0.3, -0.25) is 9.78 Å². The second-order valence-corrected chi connectivity index (χ2v) is 8.41. The molecule has 3 amide bonds. The van der Waals surface area contributed by atoms with E-state index in [1.165, 1.54) is 13.2 Å². The normalized spacial score (nSPS) is 10.4. The van der Waals surface area contributed by atoms with Crippen molar-refractivity contribution in [1.29, 1.82) is 0 Å². The third-order valence-corrected chi connectivity index (χ3v) is 5.82. The van der Waals surface area contributed by atoms with Crippen LogP contribution in [-0.2, 0) is 6.54 Å². The predicted octanol–water partition coefficient (Wildman–Crippen LogP) is 3.81. The number of pyridine rings is 1. The molecule has 0 bridgehead atoms. The van der Waals surface area contributed by atoms with Crippen molar-refractivity contribution in [3.8, 4) is 17.2 Å². The molecule has 0 saturated carbocycles. The molecule has 0 spiro atoms. The van der Waals surface area contributed by atoms with Gasteiger partial charge >= 0.3 is 6.03 Å². The van der Waals surface area contributed by atoms with Crippen LogP contribution in [0.4, 0.5) is 10.5 Å². The van der Waals surface area contributed by atoms with Crippen molar-refractivity contribution in [2.24, 2.45) is 5.73 Å². The lowest BCUT2D eigenvalue weighted by atomic mass is 10.2. The van der Waals surface area contributed by atoms with E-state index in [9.17, 15) is 9.59 Å². The molecular formula is C24H26IN5O4. The fourth-order valence-corrected chi connectivity index (χ4v) is 3.42. The maximum Gasteiger partial charge on any atom is 0.319 e. The van der Waals surface area contributed by atoms with Crippen LogP contribution in [0.2, 0.25) is 0 Å². The smallest absolute Gasteiger partial charge is 0.319 e. The third-order valence-electron chi connectivity index (χ3n) is 4.66. The zero-order chi connectivity index (χ0) is 24.5. The predicted molar refractivity (Wildman–Crippen MR) is 138 cm³/mol. The molecule has 0 aliphatic carbocycles. The number of rotatable bonds is 9. The van der Waals surface area contributed by atoms with Crippen LogP contribution in [0.5, 0.6) is 17.2 Å². The van der Waals surface area contributed by atoms with Crippen LogP contribution in [0.3, 0.4) is 0 Å². The Balaban J connectivity index is 1.63. The molecule has 178 valence electrons. The zero-order valence-electron chi connectivity index (χ0n) is 18.9. The number of benzene rings is 2. The summed E-state index contributed by atoms with van der Waals surface area (Å²) in [6, 6.07) is 13.9. The number of halogens is 1. The van der Waals surface area contributed by atoms with Gasteiger partial charge in [0.05, 0.1) is 5.69 Å². The Bertz CT molecular complexity index is 1170. The number of aryl methyl sites for hydroxylation is 1. The van der Waals surface area contributed by atoms with Crippen LogP contribution in [-0.4, -0.2) is 37.1 Å². The number of nitrogens with zero attached hydrogens (tertiary/aromatic N) is 1. The van der Waals surface area contributed by atoms with Crippen molar-refractivity contribution in [3.05, 3.63) is 75.1 Å². The number of hydrogen-bond acceptors (Lipinski definition) is 6. The van der Waals surface area contributed by atoms with Crippen LogP contribution in [0, 0.1) is 10.5 Å². The molecule has 10 heteroatoms. The fraction of sp³-hybridized carbons (Fsp3) is 0.208. The van der Waals surface area contributed by atoms with Crippen molar-refractivity contribution in [2.45, 2.75) is 13.5 Å². The molecule has 1 heterocycles. The molecule has 0 radical (unpaired) electrons. The Morgan fingerprint density at radius 3 is 2.68 bits per heavy atom. The second-order valence-electron chi connectivity index (χ2n) is 7.25. The quantitative estimate of drug-likeness (QED) is 0.288. The number of carbonyl (C=O) groups is 2. The number of urea groups is 1. The highest BCUT2D eigenvalue weighted by atomic mass is 127. The first-order valence-corrected chi connectivity index (χ1v) is 11.6. The average molecular weight is 575 g/mol. The van der Waals surface area contributed by atoms with Crippen molar-refractivity contribution in [3.63, 3.8) is 0 Å². The van der Waals surface area contributed by atoms with Crippen molar-refractivity contribution in [2.75, 3.05) is 25.5 Å². The summed E-state index contributed by atoms with van der Waals surface area (Å²) in [4.78, 5) is 28.3. The van der Waals surface area contributed by atoms with Crippen LogP contribution in [0.15, 0.2) is 54.7 Å². The van der Waals surface area contributed by atoms with Crippen molar-refractivity contribution >= 4 is 40.2 Å². The van der Waals surface area contributed by atoms with E-state index in [2.05, 4.69) is 43.5 Å². The van der Waals surface area contributed by atoms with E-state index in [-0.39, 0.29) is 24.2 Å². The lowest BCUT2D eigenvalue weighted by Crippen LogP contribution is -2.28. The van der Waals surface area contributed by atoms with Gasteiger partial charge in [0, 0.05) is 36.0 Å². The molecule has 0 saturated heterocycles. The third kappa shape index (κ3) is 7.06. The van der Waals surface area contributed by atoms with E-state index in [0.29, 0.717) is 36.1 Å². The maximum atomic E-state index is 12.5. The number of nitrogens with two attached hydrogens (primary N) is 1. The van der Waals surface area contributed by atoms with E-state index >= 15 is 0 Å². The summed E-state index contributed by atoms with van der Waals surface area (Å²) in [5.41, 5.74) is 8.24. The Labute approximate surface area is 211 Å². The lowest BCUT2D eigenvalue weighted by Gasteiger charge is -2.15. The molecule has 0 aliphatic heterocycles. The molecule has 3 rings (SSSR count). The number of hydrogen-bond donors (Lipinski definition) is 4.